The maximum absolute atomic E-state index is 13.1. The number of hydrogen-bond donors (Lipinski definition) is 1. The minimum absolute atomic E-state index is 0.0241. The van der Waals surface area contributed by atoms with Crippen LogP contribution in [-0.2, 0) is 14.8 Å². The molecule has 2 aromatic carbocycles. The number of rotatable bonds is 8. The van der Waals surface area contributed by atoms with Crippen LogP contribution in [0.4, 0.5) is 0 Å². The predicted molar refractivity (Wildman–Crippen MR) is 124 cm³/mol. The van der Waals surface area contributed by atoms with Crippen molar-refractivity contribution in [2.75, 3.05) is 19.7 Å². The fourth-order valence-corrected chi connectivity index (χ4v) is 5.69. The van der Waals surface area contributed by atoms with Crippen molar-refractivity contribution < 1.29 is 27.8 Å². The van der Waals surface area contributed by atoms with E-state index >= 15 is 0 Å². The third-order valence-corrected chi connectivity index (χ3v) is 7.64. The Morgan fingerprint density at radius 2 is 1.79 bits per heavy atom. The summed E-state index contributed by atoms with van der Waals surface area (Å²) in [5.41, 5.74) is 0.944. The zero-order chi connectivity index (χ0) is 23.6. The summed E-state index contributed by atoms with van der Waals surface area (Å²) < 4.78 is 40.9. The molecule has 8 nitrogen and oxygen atoms in total. The zero-order valence-corrected chi connectivity index (χ0v) is 19.5. The van der Waals surface area contributed by atoms with E-state index in [1.165, 1.54) is 4.31 Å². The Hall–Kier alpha value is -3.04. The van der Waals surface area contributed by atoms with E-state index in [9.17, 15) is 13.2 Å². The molecule has 33 heavy (non-hydrogen) atoms. The maximum atomic E-state index is 13.1. The Kier molecular flexibility index (Phi) is 6.62. The second kappa shape index (κ2) is 9.44. The largest absolute Gasteiger partial charge is 0.491 e. The molecule has 0 aliphatic carbocycles. The van der Waals surface area contributed by atoms with E-state index in [1.54, 1.807) is 30.3 Å². The third-order valence-electron chi connectivity index (χ3n) is 5.72. The van der Waals surface area contributed by atoms with Crippen molar-refractivity contribution in [1.82, 2.24) is 8.87 Å². The summed E-state index contributed by atoms with van der Waals surface area (Å²) in [6.07, 6.45) is 3.34. The van der Waals surface area contributed by atoms with E-state index in [-0.39, 0.29) is 17.0 Å². The fraction of sp³-hybridized carbons (Fsp3) is 0.375. The molecule has 176 valence electrons. The number of nitrogens with zero attached hydrogens (tertiary/aromatic N) is 2. The van der Waals surface area contributed by atoms with Gasteiger partial charge in [0.15, 0.2) is 6.61 Å². The van der Waals surface area contributed by atoms with Crippen LogP contribution in [0.15, 0.2) is 59.6 Å². The molecule has 3 aromatic rings. The molecule has 1 fully saturated rings. The molecular formula is C24H28N2O6S. The van der Waals surface area contributed by atoms with Crippen molar-refractivity contribution >= 4 is 26.9 Å². The van der Waals surface area contributed by atoms with Crippen LogP contribution < -0.4 is 9.47 Å². The Balaban J connectivity index is 1.46. The van der Waals surface area contributed by atoms with Crippen LogP contribution in [0, 0.1) is 0 Å². The van der Waals surface area contributed by atoms with Gasteiger partial charge >= 0.3 is 5.97 Å². The molecule has 4 rings (SSSR count). The number of piperidine rings is 1. The molecule has 0 unspecified atom stereocenters. The quantitative estimate of drug-likeness (QED) is 0.534. The molecule has 0 radical (unpaired) electrons. The Bertz CT molecular complexity index is 1230. The van der Waals surface area contributed by atoms with Crippen molar-refractivity contribution in [1.29, 1.82) is 0 Å². The van der Waals surface area contributed by atoms with Gasteiger partial charge in [-0.2, -0.15) is 4.31 Å². The number of hydrogen-bond acceptors (Lipinski definition) is 5. The number of benzene rings is 2. The average molecular weight is 473 g/mol. The number of carboxylic acid groups (broad SMARTS) is 1. The molecule has 0 spiro atoms. The van der Waals surface area contributed by atoms with Crippen LogP contribution in [0.2, 0.25) is 0 Å². The van der Waals surface area contributed by atoms with E-state index in [0.717, 1.165) is 10.9 Å². The SMILES string of the molecule is CC(C)Oc1ccc(S(=O)(=O)N2CCC(n3ccc4c(OCC(=O)O)cccc43)CC2)cc1. The summed E-state index contributed by atoms with van der Waals surface area (Å²) in [6.45, 7) is 4.29. The molecule has 1 aliphatic heterocycles. The lowest BCUT2D eigenvalue weighted by Gasteiger charge is -2.32. The van der Waals surface area contributed by atoms with E-state index in [1.807, 2.05) is 38.2 Å². The second-order valence-corrected chi connectivity index (χ2v) is 10.3. The average Bonchev–Trinajstić information content (AvgIpc) is 3.22. The molecule has 0 bridgehead atoms. The van der Waals surface area contributed by atoms with Gasteiger partial charge in [0.05, 0.1) is 16.5 Å². The molecule has 1 aromatic heterocycles. The van der Waals surface area contributed by atoms with Crippen molar-refractivity contribution in [2.24, 2.45) is 0 Å². The summed E-state index contributed by atoms with van der Waals surface area (Å²) >= 11 is 0. The summed E-state index contributed by atoms with van der Waals surface area (Å²) in [5, 5.41) is 9.73. The van der Waals surface area contributed by atoms with Crippen molar-refractivity contribution in [3.8, 4) is 11.5 Å². The molecule has 1 saturated heterocycles. The van der Waals surface area contributed by atoms with Crippen LogP contribution in [-0.4, -0.2) is 54.2 Å². The minimum Gasteiger partial charge on any atom is -0.491 e. The highest BCUT2D eigenvalue weighted by Gasteiger charge is 2.30. The van der Waals surface area contributed by atoms with Crippen LogP contribution in [0.1, 0.15) is 32.7 Å². The Labute approximate surface area is 193 Å². The molecule has 1 N–H and O–H groups in total. The molecule has 2 heterocycles. The lowest BCUT2D eigenvalue weighted by Crippen LogP contribution is -2.38. The number of aromatic nitrogens is 1. The van der Waals surface area contributed by atoms with Gasteiger partial charge in [-0.3, -0.25) is 0 Å². The van der Waals surface area contributed by atoms with Gasteiger partial charge in [0, 0.05) is 30.7 Å². The summed E-state index contributed by atoms with van der Waals surface area (Å²) in [6, 6.07) is 14.2. The van der Waals surface area contributed by atoms with Crippen molar-refractivity contribution in [3.05, 3.63) is 54.7 Å². The topological polar surface area (TPSA) is 98.1 Å². The van der Waals surface area contributed by atoms with Gasteiger partial charge in [-0.1, -0.05) is 6.07 Å². The minimum atomic E-state index is -3.57. The van der Waals surface area contributed by atoms with Gasteiger partial charge in [-0.15, -0.1) is 0 Å². The first-order chi connectivity index (χ1) is 15.8. The molecule has 0 saturated carbocycles. The molecular weight excluding hydrogens is 444 g/mol. The van der Waals surface area contributed by atoms with E-state index in [0.29, 0.717) is 37.4 Å². The maximum Gasteiger partial charge on any atom is 0.341 e. The van der Waals surface area contributed by atoms with Crippen molar-refractivity contribution in [2.45, 2.75) is 43.7 Å². The monoisotopic (exact) mass is 472 g/mol. The first-order valence-corrected chi connectivity index (χ1v) is 12.4. The van der Waals surface area contributed by atoms with Crippen LogP contribution in [0.5, 0.6) is 11.5 Å². The van der Waals surface area contributed by atoms with E-state index in [4.69, 9.17) is 14.6 Å². The second-order valence-electron chi connectivity index (χ2n) is 8.37. The van der Waals surface area contributed by atoms with Gasteiger partial charge < -0.3 is 19.1 Å². The lowest BCUT2D eigenvalue weighted by molar-refractivity contribution is -0.139. The number of carboxylic acids is 1. The van der Waals surface area contributed by atoms with Gasteiger partial charge in [0.1, 0.15) is 11.5 Å². The number of fused-ring (bicyclic) bond motifs is 1. The predicted octanol–water partition coefficient (Wildman–Crippen LogP) is 3.92. The number of ether oxygens (including phenoxy) is 2. The van der Waals surface area contributed by atoms with Gasteiger partial charge in [0.25, 0.3) is 0 Å². The van der Waals surface area contributed by atoms with Gasteiger partial charge in [0.2, 0.25) is 10.0 Å². The Morgan fingerprint density at radius 3 is 2.42 bits per heavy atom. The molecule has 9 heteroatoms. The van der Waals surface area contributed by atoms with E-state index in [2.05, 4.69) is 4.57 Å². The zero-order valence-electron chi connectivity index (χ0n) is 18.7. The smallest absolute Gasteiger partial charge is 0.341 e. The first kappa shape index (κ1) is 23.1. The Morgan fingerprint density at radius 1 is 1.09 bits per heavy atom. The molecule has 1 aliphatic rings. The standard InChI is InChI=1S/C24H28N2O6S/c1-17(2)32-19-6-8-20(9-7-19)33(29,30)25-13-10-18(11-14-25)26-15-12-21-22(26)4-3-5-23(21)31-16-24(27)28/h3-9,12,15,17-18H,10-11,13-14,16H2,1-2H3,(H,27,28). The molecule has 0 atom stereocenters. The van der Waals surface area contributed by atoms with Crippen LogP contribution >= 0.6 is 0 Å². The van der Waals surface area contributed by atoms with Crippen LogP contribution in [0.3, 0.4) is 0 Å². The van der Waals surface area contributed by atoms with Crippen molar-refractivity contribution in [3.63, 3.8) is 0 Å². The number of carbonyl (C=O) groups is 1. The van der Waals surface area contributed by atoms with Gasteiger partial charge in [-0.25, -0.2) is 13.2 Å². The van der Waals surface area contributed by atoms with E-state index < -0.39 is 22.6 Å². The first-order valence-electron chi connectivity index (χ1n) is 11.0. The third kappa shape index (κ3) is 4.99. The summed E-state index contributed by atoms with van der Waals surface area (Å²) in [7, 11) is -3.57. The molecule has 0 amide bonds. The summed E-state index contributed by atoms with van der Waals surface area (Å²) in [5.74, 6) is 0.148. The number of aliphatic carboxylic acids is 1. The van der Waals surface area contributed by atoms with Gasteiger partial charge in [-0.05, 0) is 69.2 Å². The summed E-state index contributed by atoms with van der Waals surface area (Å²) in [4.78, 5) is 11.1. The normalized spacial score (nSPS) is 15.7. The highest BCUT2D eigenvalue weighted by atomic mass is 32.2. The lowest BCUT2D eigenvalue weighted by atomic mass is 10.1. The number of sulfonamides is 1. The highest BCUT2D eigenvalue weighted by Crippen LogP contribution is 2.33. The highest BCUT2D eigenvalue weighted by molar-refractivity contribution is 7.89. The van der Waals surface area contributed by atoms with Crippen LogP contribution in [0.25, 0.3) is 10.9 Å². The fourth-order valence-electron chi connectivity index (χ4n) is 4.22.